The minimum Gasteiger partial charge on any atom is -0.370 e. The molecule has 114 valence electrons. The number of aromatic nitrogens is 2. The third kappa shape index (κ3) is 3.62. The topological polar surface area (TPSA) is 41.1 Å². The fourth-order valence-electron chi connectivity index (χ4n) is 2.27. The van der Waals surface area contributed by atoms with Gasteiger partial charge in [-0.3, -0.25) is 0 Å². The molecular formula is C16H30N4. The number of nitrogens with zero attached hydrogens (tertiary/aromatic N) is 3. The standard InChI is InChI=1S/C16H30N4/c1-9-17-14-13(11(2)3)15(19-10-18-14)20(8)12(4)16(5,6)7/h10-12H,9H2,1-8H3,(H,17,18,19). The van der Waals surface area contributed by atoms with E-state index >= 15 is 0 Å². The Morgan fingerprint density at radius 2 is 1.80 bits per heavy atom. The van der Waals surface area contributed by atoms with Crippen molar-refractivity contribution in [1.82, 2.24) is 9.97 Å². The molecule has 1 rings (SSSR count). The lowest BCUT2D eigenvalue weighted by Gasteiger charge is -2.37. The molecule has 1 unspecified atom stereocenters. The van der Waals surface area contributed by atoms with Crippen LogP contribution in [-0.2, 0) is 0 Å². The van der Waals surface area contributed by atoms with Crippen molar-refractivity contribution in [1.29, 1.82) is 0 Å². The molecule has 1 heterocycles. The molecule has 0 aromatic carbocycles. The largest absolute Gasteiger partial charge is 0.370 e. The molecule has 0 fully saturated rings. The Bertz CT molecular complexity index is 435. The molecule has 4 nitrogen and oxygen atoms in total. The average molecular weight is 278 g/mol. The molecule has 4 heteroatoms. The normalized spacial score (nSPS) is 13.4. The second-order valence-electron chi connectivity index (χ2n) is 6.80. The molecule has 0 aliphatic rings. The van der Waals surface area contributed by atoms with Crippen LogP contribution in [0.1, 0.15) is 59.9 Å². The van der Waals surface area contributed by atoms with Gasteiger partial charge >= 0.3 is 0 Å². The van der Waals surface area contributed by atoms with E-state index < -0.39 is 0 Å². The Morgan fingerprint density at radius 1 is 1.20 bits per heavy atom. The Kier molecular flexibility index (Phi) is 5.37. The van der Waals surface area contributed by atoms with Gasteiger partial charge in [0, 0.05) is 25.2 Å². The van der Waals surface area contributed by atoms with Gasteiger partial charge in [0.25, 0.3) is 0 Å². The summed E-state index contributed by atoms with van der Waals surface area (Å²) >= 11 is 0. The minimum absolute atomic E-state index is 0.201. The SMILES string of the molecule is CCNc1ncnc(N(C)C(C)C(C)(C)C)c1C(C)C. The van der Waals surface area contributed by atoms with Gasteiger partial charge in [-0.05, 0) is 25.2 Å². The third-order valence-corrected chi connectivity index (χ3v) is 3.95. The lowest BCUT2D eigenvalue weighted by Crippen LogP contribution is -2.40. The Hall–Kier alpha value is -1.32. The van der Waals surface area contributed by atoms with Gasteiger partial charge in [0.05, 0.1) is 0 Å². The molecule has 1 atom stereocenters. The van der Waals surface area contributed by atoms with Crippen LogP contribution in [0.2, 0.25) is 0 Å². The molecule has 0 spiro atoms. The van der Waals surface area contributed by atoms with E-state index in [2.05, 4.69) is 75.7 Å². The summed E-state index contributed by atoms with van der Waals surface area (Å²) in [7, 11) is 2.12. The molecule has 1 aromatic heterocycles. The predicted molar refractivity (Wildman–Crippen MR) is 87.6 cm³/mol. The van der Waals surface area contributed by atoms with E-state index in [0.29, 0.717) is 12.0 Å². The van der Waals surface area contributed by atoms with E-state index in [-0.39, 0.29) is 5.41 Å². The number of hydrogen-bond donors (Lipinski definition) is 1. The number of anilines is 2. The van der Waals surface area contributed by atoms with Crippen LogP contribution < -0.4 is 10.2 Å². The zero-order valence-corrected chi connectivity index (χ0v) is 14.3. The average Bonchev–Trinajstić information content (AvgIpc) is 2.35. The maximum absolute atomic E-state index is 4.55. The van der Waals surface area contributed by atoms with Crippen LogP contribution in [0.15, 0.2) is 6.33 Å². The predicted octanol–water partition coefficient (Wildman–Crippen LogP) is 3.90. The van der Waals surface area contributed by atoms with Crippen LogP contribution in [0.5, 0.6) is 0 Å². The van der Waals surface area contributed by atoms with Crippen LogP contribution in [0.4, 0.5) is 11.6 Å². The van der Waals surface area contributed by atoms with Gasteiger partial charge in [0.15, 0.2) is 0 Å². The van der Waals surface area contributed by atoms with Gasteiger partial charge in [-0.2, -0.15) is 0 Å². The zero-order chi connectivity index (χ0) is 15.5. The molecule has 1 aromatic rings. The molecule has 0 saturated heterocycles. The van der Waals surface area contributed by atoms with Crippen LogP contribution >= 0.6 is 0 Å². The van der Waals surface area contributed by atoms with E-state index in [9.17, 15) is 0 Å². The fourth-order valence-corrected chi connectivity index (χ4v) is 2.27. The fraction of sp³-hybridized carbons (Fsp3) is 0.750. The van der Waals surface area contributed by atoms with E-state index in [0.717, 1.165) is 18.2 Å². The molecule has 1 N–H and O–H groups in total. The van der Waals surface area contributed by atoms with E-state index in [4.69, 9.17) is 0 Å². The zero-order valence-electron chi connectivity index (χ0n) is 14.3. The number of nitrogens with one attached hydrogen (secondary N) is 1. The van der Waals surface area contributed by atoms with E-state index in [1.165, 1.54) is 5.56 Å². The lowest BCUT2D eigenvalue weighted by atomic mass is 9.87. The molecule has 0 amide bonds. The Morgan fingerprint density at radius 3 is 2.25 bits per heavy atom. The molecule has 0 radical (unpaired) electrons. The molecular weight excluding hydrogens is 248 g/mol. The van der Waals surface area contributed by atoms with Gasteiger partial charge in [-0.15, -0.1) is 0 Å². The minimum atomic E-state index is 0.201. The summed E-state index contributed by atoms with van der Waals surface area (Å²) in [6.07, 6.45) is 1.66. The summed E-state index contributed by atoms with van der Waals surface area (Å²) in [6, 6.07) is 0.393. The van der Waals surface area contributed by atoms with Crippen molar-refractivity contribution in [3.63, 3.8) is 0 Å². The Balaban J connectivity index is 3.26. The first kappa shape index (κ1) is 16.7. The quantitative estimate of drug-likeness (QED) is 0.887. The van der Waals surface area contributed by atoms with Crippen molar-refractivity contribution in [2.45, 2.75) is 60.4 Å². The van der Waals surface area contributed by atoms with Crippen LogP contribution in [-0.4, -0.2) is 29.6 Å². The molecule has 0 aliphatic heterocycles. The number of rotatable bonds is 5. The van der Waals surface area contributed by atoms with Crippen LogP contribution in [0, 0.1) is 5.41 Å². The maximum atomic E-state index is 4.55. The van der Waals surface area contributed by atoms with E-state index in [1.807, 2.05) is 0 Å². The van der Waals surface area contributed by atoms with Crippen molar-refractivity contribution < 1.29 is 0 Å². The summed E-state index contributed by atoms with van der Waals surface area (Å²) in [5.41, 5.74) is 1.40. The second kappa shape index (κ2) is 6.42. The summed E-state index contributed by atoms with van der Waals surface area (Å²) < 4.78 is 0. The number of hydrogen-bond acceptors (Lipinski definition) is 4. The molecule has 20 heavy (non-hydrogen) atoms. The van der Waals surface area contributed by atoms with Gasteiger partial charge in [0.2, 0.25) is 0 Å². The van der Waals surface area contributed by atoms with Gasteiger partial charge in [-0.25, -0.2) is 9.97 Å². The second-order valence-corrected chi connectivity index (χ2v) is 6.80. The summed E-state index contributed by atoms with van der Waals surface area (Å²) in [6.45, 7) is 16.4. The van der Waals surface area contributed by atoms with Crippen molar-refractivity contribution in [3.8, 4) is 0 Å². The summed E-state index contributed by atoms with van der Waals surface area (Å²) in [5, 5.41) is 3.35. The summed E-state index contributed by atoms with van der Waals surface area (Å²) in [5.74, 6) is 2.38. The highest BCUT2D eigenvalue weighted by atomic mass is 15.2. The lowest BCUT2D eigenvalue weighted by molar-refractivity contribution is 0.328. The van der Waals surface area contributed by atoms with E-state index in [1.54, 1.807) is 6.33 Å². The Labute approximate surface area is 124 Å². The third-order valence-electron chi connectivity index (χ3n) is 3.95. The first-order valence-electron chi connectivity index (χ1n) is 7.51. The van der Waals surface area contributed by atoms with Crippen molar-refractivity contribution >= 4 is 11.6 Å². The highest BCUT2D eigenvalue weighted by Gasteiger charge is 2.27. The highest BCUT2D eigenvalue weighted by molar-refractivity contribution is 5.60. The monoisotopic (exact) mass is 278 g/mol. The van der Waals surface area contributed by atoms with Gasteiger partial charge in [0.1, 0.15) is 18.0 Å². The molecule has 0 saturated carbocycles. The van der Waals surface area contributed by atoms with Crippen LogP contribution in [0.25, 0.3) is 0 Å². The van der Waals surface area contributed by atoms with Gasteiger partial charge < -0.3 is 10.2 Å². The van der Waals surface area contributed by atoms with Crippen molar-refractivity contribution in [3.05, 3.63) is 11.9 Å². The smallest absolute Gasteiger partial charge is 0.137 e. The first-order chi connectivity index (χ1) is 9.20. The first-order valence-corrected chi connectivity index (χ1v) is 7.51. The summed E-state index contributed by atoms with van der Waals surface area (Å²) in [4.78, 5) is 11.2. The molecule has 0 aliphatic carbocycles. The van der Waals surface area contributed by atoms with Crippen molar-refractivity contribution in [2.75, 3.05) is 23.8 Å². The van der Waals surface area contributed by atoms with Crippen LogP contribution in [0.3, 0.4) is 0 Å². The molecule has 0 bridgehead atoms. The maximum Gasteiger partial charge on any atom is 0.137 e. The van der Waals surface area contributed by atoms with Crippen molar-refractivity contribution in [2.24, 2.45) is 5.41 Å². The van der Waals surface area contributed by atoms with Gasteiger partial charge in [-0.1, -0.05) is 34.6 Å². The highest BCUT2D eigenvalue weighted by Crippen LogP contribution is 2.34.